The smallest absolute Gasteiger partial charge is 0.313 e. The molecule has 0 spiro atoms. The van der Waals surface area contributed by atoms with Crippen LogP contribution >= 0.6 is 11.6 Å². The predicted octanol–water partition coefficient (Wildman–Crippen LogP) is 3.15. The Kier molecular flexibility index (Phi) is 6.28. The van der Waals surface area contributed by atoms with E-state index in [0.29, 0.717) is 25.7 Å². The Hall–Kier alpha value is -2.79. The van der Waals surface area contributed by atoms with Gasteiger partial charge in [0.15, 0.2) is 12.3 Å². The summed E-state index contributed by atoms with van der Waals surface area (Å²) in [5.41, 5.74) is -1.89. The molecule has 8 nitrogen and oxygen atoms in total. The van der Waals surface area contributed by atoms with Gasteiger partial charge in [-0.05, 0) is 44.2 Å². The standard InChI is InChI=1S/C21H21ClF3N3O5/c22-12-2-1-11(7-13(12)23)32-10-16(30)27-21-5-3-20(4-6-21,8-15(21)29)28-18(31)14-9-33-19(26-14)17(24)25/h1-2,7,9,15,17,29H,3-6,8,10H2,(H,27,30)(H,28,31). The van der Waals surface area contributed by atoms with Crippen LogP contribution in [0.25, 0.3) is 0 Å². The van der Waals surface area contributed by atoms with Crippen LogP contribution in [-0.2, 0) is 4.79 Å². The number of oxazole rings is 1. The topological polar surface area (TPSA) is 114 Å². The fourth-order valence-corrected chi connectivity index (χ4v) is 4.61. The van der Waals surface area contributed by atoms with E-state index < -0.39 is 47.1 Å². The highest BCUT2D eigenvalue weighted by molar-refractivity contribution is 6.30. The maximum absolute atomic E-state index is 13.5. The van der Waals surface area contributed by atoms with Crippen LogP contribution in [0, 0.1) is 5.82 Å². The third-order valence-electron chi connectivity index (χ3n) is 6.29. The lowest BCUT2D eigenvalue weighted by molar-refractivity contribution is -0.132. The van der Waals surface area contributed by atoms with Crippen molar-refractivity contribution in [3.05, 3.63) is 46.9 Å². The minimum atomic E-state index is -2.93. The molecular weight excluding hydrogens is 467 g/mol. The Bertz CT molecular complexity index is 1060. The molecule has 178 valence electrons. The third-order valence-corrected chi connectivity index (χ3v) is 6.60. The van der Waals surface area contributed by atoms with Gasteiger partial charge in [-0.25, -0.2) is 9.37 Å². The molecule has 3 aliphatic rings. The Morgan fingerprint density at radius 1 is 1.27 bits per heavy atom. The molecule has 33 heavy (non-hydrogen) atoms. The summed E-state index contributed by atoms with van der Waals surface area (Å²) in [6.07, 6.45) is -1.16. The minimum absolute atomic E-state index is 0.0631. The highest BCUT2D eigenvalue weighted by Crippen LogP contribution is 2.47. The molecule has 12 heteroatoms. The number of nitrogens with zero attached hydrogens (tertiary/aromatic N) is 1. The van der Waals surface area contributed by atoms with Crippen LogP contribution < -0.4 is 15.4 Å². The average molecular weight is 488 g/mol. The summed E-state index contributed by atoms with van der Waals surface area (Å²) in [7, 11) is 0. The van der Waals surface area contributed by atoms with E-state index in [4.69, 9.17) is 16.3 Å². The van der Waals surface area contributed by atoms with Crippen molar-refractivity contribution in [3.8, 4) is 5.75 Å². The van der Waals surface area contributed by atoms with E-state index in [1.807, 2.05) is 0 Å². The number of alkyl halides is 2. The molecule has 3 fully saturated rings. The molecule has 1 aromatic carbocycles. The molecule has 2 bridgehead atoms. The number of hydrogen-bond donors (Lipinski definition) is 3. The first-order valence-corrected chi connectivity index (χ1v) is 10.6. The SMILES string of the molecule is O=C(COc1ccc(Cl)c(F)c1)NC12CCC(NC(=O)c3coc(C(F)F)n3)(CC1)CC2O. The van der Waals surface area contributed by atoms with Crippen LogP contribution in [0.5, 0.6) is 5.75 Å². The number of rotatable bonds is 7. The van der Waals surface area contributed by atoms with Gasteiger partial charge >= 0.3 is 6.43 Å². The largest absolute Gasteiger partial charge is 0.484 e. The zero-order chi connectivity index (χ0) is 23.8. The van der Waals surface area contributed by atoms with Gasteiger partial charge in [-0.1, -0.05) is 11.6 Å². The van der Waals surface area contributed by atoms with Gasteiger partial charge in [0.1, 0.15) is 17.8 Å². The van der Waals surface area contributed by atoms with Crippen LogP contribution in [0.4, 0.5) is 13.2 Å². The highest BCUT2D eigenvalue weighted by atomic mass is 35.5. The summed E-state index contributed by atoms with van der Waals surface area (Å²) in [5, 5.41) is 16.3. The van der Waals surface area contributed by atoms with Gasteiger partial charge in [0.2, 0.25) is 0 Å². The maximum atomic E-state index is 13.5. The molecule has 1 heterocycles. The number of hydrogen-bond acceptors (Lipinski definition) is 6. The Labute approximate surface area is 191 Å². The van der Waals surface area contributed by atoms with E-state index in [1.165, 1.54) is 12.1 Å². The molecule has 3 aliphatic carbocycles. The van der Waals surface area contributed by atoms with E-state index in [-0.39, 0.29) is 29.5 Å². The normalized spacial score (nSPS) is 26.3. The second kappa shape index (κ2) is 8.86. The number of aliphatic hydroxyl groups is 1. The zero-order valence-corrected chi connectivity index (χ0v) is 18.0. The molecule has 1 unspecified atom stereocenters. The number of carbonyl (C=O) groups excluding carboxylic acids is 2. The van der Waals surface area contributed by atoms with Gasteiger partial charge in [0.25, 0.3) is 17.7 Å². The van der Waals surface area contributed by atoms with Crippen molar-refractivity contribution in [2.75, 3.05) is 6.61 Å². The van der Waals surface area contributed by atoms with Gasteiger partial charge in [0, 0.05) is 11.6 Å². The lowest BCUT2D eigenvalue weighted by Crippen LogP contribution is -2.70. The number of halogens is 4. The molecule has 2 aromatic rings. The van der Waals surface area contributed by atoms with E-state index in [0.717, 1.165) is 12.3 Å². The molecule has 0 aliphatic heterocycles. The summed E-state index contributed by atoms with van der Waals surface area (Å²) < 4.78 is 48.7. The zero-order valence-electron chi connectivity index (χ0n) is 17.2. The second-order valence-electron chi connectivity index (χ2n) is 8.39. The van der Waals surface area contributed by atoms with E-state index in [2.05, 4.69) is 20.0 Å². The van der Waals surface area contributed by atoms with Crippen molar-refractivity contribution in [3.63, 3.8) is 0 Å². The van der Waals surface area contributed by atoms with Crippen molar-refractivity contribution in [1.29, 1.82) is 0 Å². The molecule has 3 N–H and O–H groups in total. The number of aliphatic hydroxyl groups excluding tert-OH is 1. The molecule has 1 atom stereocenters. The molecule has 0 radical (unpaired) electrons. The number of carbonyl (C=O) groups is 2. The van der Waals surface area contributed by atoms with Gasteiger partial charge < -0.3 is 24.9 Å². The molecule has 2 amide bonds. The van der Waals surface area contributed by atoms with Crippen LogP contribution in [0.1, 0.15) is 54.9 Å². The maximum Gasteiger partial charge on any atom is 0.313 e. The first-order chi connectivity index (χ1) is 15.6. The molecule has 3 saturated carbocycles. The van der Waals surface area contributed by atoms with Crippen LogP contribution in [0.2, 0.25) is 5.02 Å². The molecule has 5 rings (SSSR count). The second-order valence-corrected chi connectivity index (χ2v) is 8.80. The predicted molar refractivity (Wildman–Crippen MR) is 109 cm³/mol. The van der Waals surface area contributed by atoms with Gasteiger partial charge in [-0.2, -0.15) is 8.78 Å². The summed E-state index contributed by atoms with van der Waals surface area (Å²) in [4.78, 5) is 28.4. The van der Waals surface area contributed by atoms with Gasteiger partial charge in [-0.15, -0.1) is 0 Å². The molecular formula is C21H21ClF3N3O5. The van der Waals surface area contributed by atoms with E-state index >= 15 is 0 Å². The monoisotopic (exact) mass is 487 g/mol. The summed E-state index contributed by atoms with van der Waals surface area (Å²) in [6, 6.07) is 3.82. The fraction of sp³-hybridized carbons (Fsp3) is 0.476. The number of benzene rings is 1. The van der Waals surface area contributed by atoms with Crippen LogP contribution in [0.15, 0.2) is 28.9 Å². The van der Waals surface area contributed by atoms with Crippen LogP contribution in [0.3, 0.4) is 0 Å². The van der Waals surface area contributed by atoms with E-state index in [9.17, 15) is 27.9 Å². The van der Waals surface area contributed by atoms with Gasteiger partial charge in [0.05, 0.1) is 16.7 Å². The first kappa shape index (κ1) is 23.4. The lowest BCUT2D eigenvalue weighted by Gasteiger charge is -2.56. The third kappa shape index (κ3) is 4.79. The van der Waals surface area contributed by atoms with Crippen molar-refractivity contribution >= 4 is 23.4 Å². The molecule has 0 saturated heterocycles. The van der Waals surface area contributed by atoms with Crippen molar-refractivity contribution in [1.82, 2.24) is 15.6 Å². The summed E-state index contributed by atoms with van der Waals surface area (Å²) in [5.74, 6) is -2.51. The van der Waals surface area contributed by atoms with Crippen molar-refractivity contribution in [2.45, 2.75) is 55.7 Å². The van der Waals surface area contributed by atoms with Crippen molar-refractivity contribution in [2.24, 2.45) is 0 Å². The fourth-order valence-electron chi connectivity index (χ4n) is 4.49. The molecule has 1 aromatic heterocycles. The summed E-state index contributed by atoms with van der Waals surface area (Å²) >= 11 is 5.62. The Morgan fingerprint density at radius 3 is 2.61 bits per heavy atom. The van der Waals surface area contributed by atoms with Gasteiger partial charge in [-0.3, -0.25) is 9.59 Å². The Balaban J connectivity index is 1.34. The lowest BCUT2D eigenvalue weighted by atomic mass is 9.60. The minimum Gasteiger partial charge on any atom is -0.484 e. The van der Waals surface area contributed by atoms with Crippen molar-refractivity contribution < 1.29 is 37.0 Å². The number of amides is 2. The highest BCUT2D eigenvalue weighted by Gasteiger charge is 2.55. The number of ether oxygens (including phenoxy) is 1. The first-order valence-electron chi connectivity index (χ1n) is 10.2. The van der Waals surface area contributed by atoms with E-state index in [1.54, 1.807) is 0 Å². The number of aromatic nitrogens is 1. The number of fused-ring (bicyclic) bond motifs is 3. The average Bonchev–Trinajstić information content (AvgIpc) is 3.27. The summed E-state index contributed by atoms with van der Waals surface area (Å²) in [6.45, 7) is -0.379. The quantitative estimate of drug-likeness (QED) is 0.553. The van der Waals surface area contributed by atoms with Crippen LogP contribution in [-0.4, -0.2) is 45.7 Å². The number of nitrogens with one attached hydrogen (secondary N) is 2. The Morgan fingerprint density at radius 2 is 2.00 bits per heavy atom.